The SMILES string of the molecule is COc1ccc2sc(N3CCN(C(=O)c4ccc(S(=O)(=O)N5CCCCC5)cc4)CC3)nc2c1OC. The molecule has 0 atom stereocenters. The van der Waals surface area contributed by atoms with Crippen molar-refractivity contribution >= 4 is 42.6 Å². The van der Waals surface area contributed by atoms with Crippen LogP contribution in [0.2, 0.25) is 0 Å². The molecule has 11 heteroatoms. The fourth-order valence-corrected chi connectivity index (χ4v) is 7.27. The molecule has 36 heavy (non-hydrogen) atoms. The molecule has 2 aliphatic rings. The minimum Gasteiger partial charge on any atom is -0.493 e. The molecule has 2 fully saturated rings. The van der Waals surface area contributed by atoms with Gasteiger partial charge in [-0.05, 0) is 49.2 Å². The summed E-state index contributed by atoms with van der Waals surface area (Å²) in [5.41, 5.74) is 1.27. The van der Waals surface area contributed by atoms with Crippen molar-refractivity contribution in [3.63, 3.8) is 0 Å². The lowest BCUT2D eigenvalue weighted by atomic mass is 10.2. The number of carbonyl (C=O) groups is 1. The fourth-order valence-electron chi connectivity index (χ4n) is 4.74. The Morgan fingerprint density at radius 1 is 0.889 bits per heavy atom. The third-order valence-electron chi connectivity index (χ3n) is 6.78. The Hall–Kier alpha value is -2.89. The number of benzene rings is 2. The Morgan fingerprint density at radius 3 is 2.22 bits per heavy atom. The maximum atomic E-state index is 13.1. The number of anilines is 1. The van der Waals surface area contributed by atoms with Gasteiger partial charge in [0, 0.05) is 44.8 Å². The summed E-state index contributed by atoms with van der Waals surface area (Å²) in [6, 6.07) is 10.2. The molecule has 2 aliphatic heterocycles. The van der Waals surface area contributed by atoms with Crippen molar-refractivity contribution in [3.05, 3.63) is 42.0 Å². The number of rotatable bonds is 6. The average Bonchev–Trinajstić information content (AvgIpc) is 3.37. The molecule has 192 valence electrons. The second-order valence-electron chi connectivity index (χ2n) is 8.91. The summed E-state index contributed by atoms with van der Waals surface area (Å²) in [6.07, 6.45) is 2.84. The average molecular weight is 531 g/mol. The van der Waals surface area contributed by atoms with E-state index < -0.39 is 10.0 Å². The van der Waals surface area contributed by atoms with Gasteiger partial charge in [-0.3, -0.25) is 4.79 Å². The van der Waals surface area contributed by atoms with Gasteiger partial charge in [-0.15, -0.1) is 0 Å². The number of carbonyl (C=O) groups excluding carboxylic acids is 1. The number of ether oxygens (including phenoxy) is 2. The largest absolute Gasteiger partial charge is 0.493 e. The number of sulfonamides is 1. The van der Waals surface area contributed by atoms with Crippen LogP contribution in [0.3, 0.4) is 0 Å². The Balaban J connectivity index is 1.24. The highest BCUT2D eigenvalue weighted by atomic mass is 32.2. The van der Waals surface area contributed by atoms with Gasteiger partial charge in [0.1, 0.15) is 5.52 Å². The summed E-state index contributed by atoms with van der Waals surface area (Å²) in [7, 11) is -0.296. The van der Waals surface area contributed by atoms with Crippen LogP contribution in [0, 0.1) is 0 Å². The molecule has 0 bridgehead atoms. The third-order valence-corrected chi connectivity index (χ3v) is 9.78. The van der Waals surface area contributed by atoms with Gasteiger partial charge in [0.05, 0.1) is 23.8 Å². The molecule has 9 nitrogen and oxygen atoms in total. The first-order chi connectivity index (χ1) is 17.4. The van der Waals surface area contributed by atoms with Gasteiger partial charge in [-0.2, -0.15) is 4.31 Å². The lowest BCUT2D eigenvalue weighted by Crippen LogP contribution is -2.48. The highest BCUT2D eigenvalue weighted by molar-refractivity contribution is 7.89. The van der Waals surface area contributed by atoms with Crippen molar-refractivity contribution < 1.29 is 22.7 Å². The minimum absolute atomic E-state index is 0.0905. The number of thiazole rings is 1. The Kier molecular flexibility index (Phi) is 7.05. The first-order valence-corrected chi connectivity index (χ1v) is 14.3. The van der Waals surface area contributed by atoms with Gasteiger partial charge in [0.2, 0.25) is 10.0 Å². The van der Waals surface area contributed by atoms with E-state index >= 15 is 0 Å². The number of aromatic nitrogens is 1. The topological polar surface area (TPSA) is 92.3 Å². The molecular weight excluding hydrogens is 500 g/mol. The molecular formula is C25H30N4O5S2. The number of methoxy groups -OCH3 is 2. The summed E-state index contributed by atoms with van der Waals surface area (Å²) >= 11 is 1.59. The molecule has 1 aromatic heterocycles. The summed E-state index contributed by atoms with van der Waals surface area (Å²) in [5, 5.41) is 0.885. The van der Waals surface area contributed by atoms with Crippen LogP contribution in [0.15, 0.2) is 41.3 Å². The zero-order chi connectivity index (χ0) is 25.3. The van der Waals surface area contributed by atoms with Crippen LogP contribution in [0.4, 0.5) is 5.13 Å². The Morgan fingerprint density at radius 2 is 1.58 bits per heavy atom. The number of hydrogen-bond acceptors (Lipinski definition) is 8. The van der Waals surface area contributed by atoms with Crippen molar-refractivity contribution in [2.45, 2.75) is 24.2 Å². The number of fused-ring (bicyclic) bond motifs is 1. The van der Waals surface area contributed by atoms with Gasteiger partial charge < -0.3 is 19.3 Å². The van der Waals surface area contributed by atoms with E-state index in [1.807, 2.05) is 17.0 Å². The molecule has 0 N–H and O–H groups in total. The zero-order valence-corrected chi connectivity index (χ0v) is 22.1. The van der Waals surface area contributed by atoms with Crippen molar-refractivity contribution in [2.75, 3.05) is 58.4 Å². The standard InChI is InChI=1S/C25H30N4O5S2/c1-33-20-10-11-21-22(23(20)34-2)26-25(35-21)28-16-14-27(15-17-28)24(30)18-6-8-19(9-7-18)36(31,32)29-12-4-3-5-13-29/h6-11H,3-5,12-17H2,1-2H3. The first-order valence-electron chi connectivity index (χ1n) is 12.1. The lowest BCUT2D eigenvalue weighted by Gasteiger charge is -2.34. The van der Waals surface area contributed by atoms with E-state index in [0.717, 1.165) is 34.6 Å². The van der Waals surface area contributed by atoms with E-state index in [0.29, 0.717) is 56.3 Å². The number of nitrogens with zero attached hydrogens (tertiary/aromatic N) is 4. The van der Waals surface area contributed by atoms with Gasteiger partial charge in [0.15, 0.2) is 16.6 Å². The van der Waals surface area contributed by atoms with Crippen LogP contribution in [0.25, 0.3) is 10.2 Å². The molecule has 0 aliphatic carbocycles. The molecule has 0 spiro atoms. The van der Waals surface area contributed by atoms with E-state index in [-0.39, 0.29) is 10.8 Å². The molecule has 3 heterocycles. The van der Waals surface area contributed by atoms with Crippen LogP contribution < -0.4 is 14.4 Å². The smallest absolute Gasteiger partial charge is 0.253 e. The van der Waals surface area contributed by atoms with E-state index in [4.69, 9.17) is 14.5 Å². The van der Waals surface area contributed by atoms with E-state index in [1.165, 1.54) is 0 Å². The number of piperidine rings is 1. The summed E-state index contributed by atoms with van der Waals surface area (Å²) in [5.74, 6) is 1.18. The molecule has 2 aromatic carbocycles. The predicted octanol–water partition coefficient (Wildman–Crippen LogP) is 3.45. The van der Waals surface area contributed by atoms with Gasteiger partial charge in [-0.1, -0.05) is 17.8 Å². The van der Waals surface area contributed by atoms with Gasteiger partial charge in [-0.25, -0.2) is 13.4 Å². The Bertz CT molecular complexity index is 1340. The van der Waals surface area contributed by atoms with Gasteiger partial charge >= 0.3 is 0 Å². The zero-order valence-electron chi connectivity index (χ0n) is 20.5. The summed E-state index contributed by atoms with van der Waals surface area (Å²) < 4.78 is 39.2. The summed E-state index contributed by atoms with van der Waals surface area (Å²) in [4.78, 5) is 22.1. The molecule has 0 saturated carbocycles. The molecule has 3 aromatic rings. The molecule has 5 rings (SSSR count). The predicted molar refractivity (Wildman–Crippen MR) is 140 cm³/mol. The van der Waals surface area contributed by atoms with Gasteiger partial charge in [0.25, 0.3) is 5.91 Å². The van der Waals surface area contributed by atoms with E-state index in [9.17, 15) is 13.2 Å². The van der Waals surface area contributed by atoms with Crippen LogP contribution in [-0.4, -0.2) is 82.0 Å². The minimum atomic E-state index is -3.51. The molecule has 0 unspecified atom stereocenters. The maximum Gasteiger partial charge on any atom is 0.253 e. The molecule has 2 saturated heterocycles. The van der Waals surface area contributed by atoms with Crippen molar-refractivity contribution in [1.29, 1.82) is 0 Å². The normalized spacial score (nSPS) is 17.4. The highest BCUT2D eigenvalue weighted by Gasteiger charge is 2.28. The van der Waals surface area contributed by atoms with Crippen LogP contribution >= 0.6 is 11.3 Å². The number of amides is 1. The molecule has 0 radical (unpaired) electrons. The quantitative estimate of drug-likeness (QED) is 0.482. The van der Waals surface area contributed by atoms with Crippen molar-refractivity contribution in [3.8, 4) is 11.5 Å². The van der Waals surface area contributed by atoms with Crippen LogP contribution in [0.5, 0.6) is 11.5 Å². The summed E-state index contributed by atoms with van der Waals surface area (Å²) in [6.45, 7) is 3.55. The second kappa shape index (κ2) is 10.2. The number of hydrogen-bond donors (Lipinski definition) is 0. The fraction of sp³-hybridized carbons (Fsp3) is 0.440. The third kappa shape index (κ3) is 4.62. The second-order valence-corrected chi connectivity index (χ2v) is 11.9. The Labute approximate surface area is 215 Å². The maximum absolute atomic E-state index is 13.1. The first kappa shape index (κ1) is 24.8. The van der Waals surface area contributed by atoms with E-state index in [1.54, 1.807) is 54.1 Å². The van der Waals surface area contributed by atoms with Crippen molar-refractivity contribution in [2.24, 2.45) is 0 Å². The monoisotopic (exact) mass is 530 g/mol. The van der Waals surface area contributed by atoms with Crippen molar-refractivity contribution in [1.82, 2.24) is 14.2 Å². The molecule has 1 amide bonds. The lowest BCUT2D eigenvalue weighted by molar-refractivity contribution is 0.0746. The number of piperazine rings is 1. The highest BCUT2D eigenvalue weighted by Crippen LogP contribution is 2.40. The van der Waals surface area contributed by atoms with E-state index in [2.05, 4.69) is 4.90 Å². The van der Waals surface area contributed by atoms with Crippen LogP contribution in [0.1, 0.15) is 29.6 Å². The van der Waals surface area contributed by atoms with Crippen LogP contribution in [-0.2, 0) is 10.0 Å².